The van der Waals surface area contributed by atoms with E-state index < -0.39 is 26.6 Å². The maximum atomic E-state index is 13.7. The normalized spacial score (nSPS) is 16.6. The Bertz CT molecular complexity index is 674. The number of benzene rings is 1. The highest BCUT2D eigenvalue weighted by Gasteiger charge is 2.25. The highest BCUT2D eigenvalue weighted by molar-refractivity contribution is 9.10. The first kappa shape index (κ1) is 16.4. The van der Waals surface area contributed by atoms with Crippen LogP contribution in [0.3, 0.4) is 0 Å². The van der Waals surface area contributed by atoms with E-state index >= 15 is 0 Å². The van der Waals surface area contributed by atoms with Gasteiger partial charge in [-0.25, -0.2) is 17.9 Å². The number of rotatable bonds is 5. The number of carbonyl (C=O) groups excluding carboxylic acids is 1. The van der Waals surface area contributed by atoms with Crippen molar-refractivity contribution in [3.8, 4) is 0 Å². The van der Waals surface area contributed by atoms with Gasteiger partial charge in [-0.2, -0.15) is 0 Å². The summed E-state index contributed by atoms with van der Waals surface area (Å²) >= 11 is 2.83. The standard InChI is InChI=1S/C13H16BrFN2O3S/c1-7(4-8-2-3-8)17-13(18)9-5-10(15)12(14)11(6-9)21(16,19)20/h5-8H,2-4H2,1H3,(H,17,18)(H2,16,19,20). The van der Waals surface area contributed by atoms with E-state index in [1.54, 1.807) is 0 Å². The zero-order valence-electron chi connectivity index (χ0n) is 11.4. The fraction of sp³-hybridized carbons (Fsp3) is 0.462. The van der Waals surface area contributed by atoms with Gasteiger partial charge in [0.2, 0.25) is 10.0 Å². The highest BCUT2D eigenvalue weighted by atomic mass is 79.9. The molecule has 0 saturated heterocycles. The Morgan fingerprint density at radius 3 is 2.67 bits per heavy atom. The predicted molar refractivity (Wildman–Crippen MR) is 79.7 cm³/mol. The molecule has 1 atom stereocenters. The molecule has 1 aromatic carbocycles. The van der Waals surface area contributed by atoms with Gasteiger partial charge in [-0.05, 0) is 47.3 Å². The van der Waals surface area contributed by atoms with Crippen molar-refractivity contribution in [2.75, 3.05) is 0 Å². The Kier molecular flexibility index (Phi) is 4.69. The van der Waals surface area contributed by atoms with Crippen LogP contribution in [0.1, 0.15) is 36.5 Å². The molecule has 1 aliphatic carbocycles. The van der Waals surface area contributed by atoms with Gasteiger partial charge in [0.25, 0.3) is 5.91 Å². The van der Waals surface area contributed by atoms with Gasteiger partial charge in [0.1, 0.15) is 5.82 Å². The fourth-order valence-electron chi connectivity index (χ4n) is 2.12. The average Bonchev–Trinajstić information content (AvgIpc) is 3.14. The fourth-order valence-corrected chi connectivity index (χ4v) is 3.67. The third-order valence-corrected chi connectivity index (χ3v) is 5.33. The van der Waals surface area contributed by atoms with Crippen LogP contribution in [0.5, 0.6) is 0 Å². The summed E-state index contributed by atoms with van der Waals surface area (Å²) in [5, 5.41) is 7.75. The Balaban J connectivity index is 2.22. The van der Waals surface area contributed by atoms with Crippen LogP contribution in [0.25, 0.3) is 0 Å². The van der Waals surface area contributed by atoms with Crippen LogP contribution in [0.4, 0.5) is 4.39 Å². The van der Waals surface area contributed by atoms with Crippen molar-refractivity contribution in [1.29, 1.82) is 0 Å². The van der Waals surface area contributed by atoms with Crippen molar-refractivity contribution in [2.24, 2.45) is 11.1 Å². The predicted octanol–water partition coefficient (Wildman–Crippen LogP) is 2.15. The average molecular weight is 379 g/mol. The SMILES string of the molecule is CC(CC1CC1)NC(=O)c1cc(F)c(Br)c(S(N)(=O)=O)c1. The quantitative estimate of drug-likeness (QED) is 0.822. The molecule has 0 aromatic heterocycles. The molecular weight excluding hydrogens is 363 g/mol. The second-order valence-corrected chi connectivity index (χ2v) is 7.69. The summed E-state index contributed by atoms with van der Waals surface area (Å²) in [5.41, 5.74) is -0.0672. The van der Waals surface area contributed by atoms with Gasteiger partial charge < -0.3 is 5.32 Å². The molecule has 1 amide bonds. The second-order valence-electron chi connectivity index (χ2n) is 5.37. The molecule has 5 nitrogen and oxygen atoms in total. The molecule has 0 heterocycles. The smallest absolute Gasteiger partial charge is 0.251 e. The summed E-state index contributed by atoms with van der Waals surface area (Å²) in [7, 11) is -4.12. The second kappa shape index (κ2) is 6.02. The van der Waals surface area contributed by atoms with Gasteiger partial charge in [0.05, 0.1) is 9.37 Å². The third-order valence-electron chi connectivity index (χ3n) is 3.32. The largest absolute Gasteiger partial charge is 0.350 e. The van der Waals surface area contributed by atoms with Gasteiger partial charge in [-0.1, -0.05) is 12.8 Å². The van der Waals surface area contributed by atoms with Crippen molar-refractivity contribution in [3.05, 3.63) is 28.0 Å². The molecule has 0 bridgehead atoms. The van der Waals surface area contributed by atoms with Crippen LogP contribution in [0.2, 0.25) is 0 Å². The van der Waals surface area contributed by atoms with Crippen LogP contribution in [-0.2, 0) is 10.0 Å². The maximum Gasteiger partial charge on any atom is 0.251 e. The minimum Gasteiger partial charge on any atom is -0.350 e. The van der Waals surface area contributed by atoms with Crippen molar-refractivity contribution in [1.82, 2.24) is 5.32 Å². The first-order valence-electron chi connectivity index (χ1n) is 6.51. The first-order valence-corrected chi connectivity index (χ1v) is 8.85. The number of primary sulfonamides is 1. The molecule has 1 aromatic rings. The highest BCUT2D eigenvalue weighted by Crippen LogP contribution is 2.33. The van der Waals surface area contributed by atoms with Gasteiger partial charge >= 0.3 is 0 Å². The number of amides is 1. The minimum absolute atomic E-state index is 0.0466. The molecular formula is C13H16BrFN2O3S. The number of nitrogens with two attached hydrogens (primary N) is 1. The monoisotopic (exact) mass is 378 g/mol. The summed E-state index contributed by atoms with van der Waals surface area (Å²) in [5.74, 6) is -0.720. The lowest BCUT2D eigenvalue weighted by Crippen LogP contribution is -2.33. The van der Waals surface area contributed by atoms with Gasteiger partial charge in [-0.3, -0.25) is 4.79 Å². The van der Waals surface area contributed by atoms with Gasteiger partial charge in [0.15, 0.2) is 0 Å². The molecule has 0 aliphatic heterocycles. The maximum absolute atomic E-state index is 13.7. The number of carbonyl (C=O) groups is 1. The Labute approximate surface area is 131 Å². The third kappa shape index (κ3) is 4.24. The lowest BCUT2D eigenvalue weighted by atomic mass is 10.1. The molecule has 1 unspecified atom stereocenters. The van der Waals surface area contributed by atoms with Gasteiger partial charge in [-0.15, -0.1) is 0 Å². The first-order chi connectivity index (χ1) is 9.68. The summed E-state index contributed by atoms with van der Waals surface area (Å²) < 4.78 is 36.3. The molecule has 1 saturated carbocycles. The topological polar surface area (TPSA) is 89.3 Å². The van der Waals surface area contributed by atoms with Crippen LogP contribution in [-0.4, -0.2) is 20.4 Å². The van der Waals surface area contributed by atoms with Crippen LogP contribution >= 0.6 is 15.9 Å². The molecule has 3 N–H and O–H groups in total. The van der Waals surface area contributed by atoms with E-state index in [0.717, 1.165) is 18.6 Å². The zero-order chi connectivity index (χ0) is 15.8. The van der Waals surface area contributed by atoms with E-state index in [9.17, 15) is 17.6 Å². The minimum atomic E-state index is -4.12. The lowest BCUT2D eigenvalue weighted by molar-refractivity contribution is 0.0936. The molecule has 116 valence electrons. The Morgan fingerprint density at radius 1 is 1.52 bits per heavy atom. The number of hydrogen-bond donors (Lipinski definition) is 2. The van der Waals surface area contributed by atoms with E-state index in [1.807, 2.05) is 6.92 Å². The molecule has 8 heteroatoms. The summed E-state index contributed by atoms with van der Waals surface area (Å²) in [6.07, 6.45) is 3.21. The van der Waals surface area contributed by atoms with Crippen LogP contribution in [0.15, 0.2) is 21.5 Å². The van der Waals surface area contributed by atoms with Crippen LogP contribution < -0.4 is 10.5 Å². The molecule has 2 rings (SSSR count). The van der Waals surface area contributed by atoms with E-state index in [-0.39, 0.29) is 16.1 Å². The zero-order valence-corrected chi connectivity index (χ0v) is 13.8. The Morgan fingerprint density at radius 2 is 2.14 bits per heavy atom. The van der Waals surface area contributed by atoms with Crippen molar-refractivity contribution < 1.29 is 17.6 Å². The number of sulfonamides is 1. The molecule has 0 radical (unpaired) electrons. The number of hydrogen-bond acceptors (Lipinski definition) is 3. The number of nitrogens with one attached hydrogen (secondary N) is 1. The van der Waals surface area contributed by atoms with E-state index in [4.69, 9.17) is 5.14 Å². The van der Waals surface area contributed by atoms with E-state index in [2.05, 4.69) is 21.2 Å². The number of halogens is 2. The summed E-state index contributed by atoms with van der Waals surface area (Å²) in [4.78, 5) is 11.6. The lowest BCUT2D eigenvalue weighted by Gasteiger charge is -2.14. The molecule has 1 fully saturated rings. The van der Waals surface area contributed by atoms with E-state index in [0.29, 0.717) is 5.92 Å². The molecule has 1 aliphatic rings. The van der Waals surface area contributed by atoms with Gasteiger partial charge in [0, 0.05) is 11.6 Å². The Hall–Kier alpha value is -0.990. The van der Waals surface area contributed by atoms with Crippen molar-refractivity contribution in [2.45, 2.75) is 37.1 Å². The van der Waals surface area contributed by atoms with Crippen molar-refractivity contribution in [3.63, 3.8) is 0 Å². The summed E-state index contributed by atoms with van der Waals surface area (Å²) in [6, 6.07) is 2.01. The van der Waals surface area contributed by atoms with Crippen LogP contribution in [0, 0.1) is 11.7 Å². The van der Waals surface area contributed by atoms with E-state index in [1.165, 1.54) is 12.8 Å². The molecule has 0 spiro atoms. The molecule has 21 heavy (non-hydrogen) atoms. The summed E-state index contributed by atoms with van der Waals surface area (Å²) in [6.45, 7) is 1.87. The van der Waals surface area contributed by atoms with Crippen molar-refractivity contribution >= 4 is 31.9 Å².